The van der Waals surface area contributed by atoms with Gasteiger partial charge in [-0.05, 0) is 60.5 Å². The Morgan fingerprint density at radius 3 is 2.64 bits per heavy atom. The van der Waals surface area contributed by atoms with Crippen LogP contribution in [0.2, 0.25) is 5.02 Å². The first kappa shape index (κ1) is 21.2. The van der Waals surface area contributed by atoms with E-state index in [-0.39, 0.29) is 18.0 Å². The third-order valence-corrected chi connectivity index (χ3v) is 6.30. The molecule has 1 aliphatic rings. The van der Waals surface area contributed by atoms with Crippen LogP contribution in [0, 0.1) is 5.92 Å². The minimum atomic E-state index is -0.748. The normalized spacial score (nSPS) is 19.1. The van der Waals surface area contributed by atoms with E-state index in [1.807, 2.05) is 55.5 Å². The third-order valence-electron chi connectivity index (χ3n) is 4.83. The highest BCUT2D eigenvalue weighted by molar-refractivity contribution is 7.97. The summed E-state index contributed by atoms with van der Waals surface area (Å²) in [5.74, 6) is 0.366. The van der Waals surface area contributed by atoms with E-state index in [1.165, 1.54) is 0 Å². The average molecular weight is 419 g/mol. The van der Waals surface area contributed by atoms with Gasteiger partial charge in [-0.1, -0.05) is 55.8 Å². The van der Waals surface area contributed by atoms with Gasteiger partial charge in [0.1, 0.15) is 6.04 Å². The Morgan fingerprint density at radius 2 is 1.96 bits per heavy atom. The molecule has 1 aliphatic heterocycles. The molecule has 1 amide bonds. The fourth-order valence-electron chi connectivity index (χ4n) is 3.38. The largest absolute Gasteiger partial charge is 0.386 e. The zero-order valence-electron chi connectivity index (χ0n) is 16.4. The number of amides is 1. The molecule has 3 atom stereocenters. The second kappa shape index (κ2) is 9.31. The molecule has 1 heterocycles. The molecule has 0 aromatic heterocycles. The zero-order chi connectivity index (χ0) is 20.3. The molecule has 0 fully saturated rings. The van der Waals surface area contributed by atoms with Crippen LogP contribution in [-0.2, 0) is 11.2 Å². The number of fused-ring (bicyclic) bond motifs is 1. The maximum absolute atomic E-state index is 13.1. The van der Waals surface area contributed by atoms with Gasteiger partial charge in [0.25, 0.3) is 0 Å². The molecule has 2 N–H and O–H groups in total. The second-order valence-corrected chi connectivity index (χ2v) is 9.24. The summed E-state index contributed by atoms with van der Waals surface area (Å²) in [4.78, 5) is 14.3. The first-order valence-electron chi connectivity index (χ1n) is 9.61. The van der Waals surface area contributed by atoms with Crippen molar-refractivity contribution in [2.75, 3.05) is 6.54 Å². The van der Waals surface area contributed by atoms with Crippen molar-refractivity contribution in [3.63, 3.8) is 0 Å². The van der Waals surface area contributed by atoms with E-state index in [9.17, 15) is 9.90 Å². The van der Waals surface area contributed by atoms with Gasteiger partial charge in [0.05, 0.1) is 12.1 Å². The molecule has 0 radical (unpaired) electrons. The van der Waals surface area contributed by atoms with E-state index in [0.717, 1.165) is 22.6 Å². The highest BCUT2D eigenvalue weighted by Gasteiger charge is 2.34. The van der Waals surface area contributed by atoms with Crippen molar-refractivity contribution >= 4 is 29.5 Å². The Labute approximate surface area is 176 Å². The van der Waals surface area contributed by atoms with Gasteiger partial charge in [-0.15, -0.1) is 0 Å². The summed E-state index contributed by atoms with van der Waals surface area (Å²) in [6, 6.07) is 14.6. The van der Waals surface area contributed by atoms with Crippen molar-refractivity contribution < 1.29 is 9.90 Å². The lowest BCUT2D eigenvalue weighted by molar-refractivity contribution is -0.126. The van der Waals surface area contributed by atoms with Crippen LogP contribution in [0.3, 0.4) is 0 Å². The summed E-state index contributed by atoms with van der Waals surface area (Å²) in [6.07, 6.45) is -0.142. The molecule has 0 saturated carbocycles. The van der Waals surface area contributed by atoms with Crippen LogP contribution in [-0.4, -0.2) is 33.9 Å². The van der Waals surface area contributed by atoms with Crippen molar-refractivity contribution in [3.05, 3.63) is 64.7 Å². The SMILES string of the molecule is CC(C)CN1Sc2ccc(Cl)cc2CC1C(=O)N[C@@H](C)C(O)c1ccccc1. The molecule has 2 unspecified atom stereocenters. The van der Waals surface area contributed by atoms with Crippen molar-refractivity contribution in [1.29, 1.82) is 0 Å². The van der Waals surface area contributed by atoms with Gasteiger partial charge in [-0.2, -0.15) is 0 Å². The van der Waals surface area contributed by atoms with Gasteiger partial charge in [0.2, 0.25) is 5.91 Å². The topological polar surface area (TPSA) is 52.6 Å². The molecule has 28 heavy (non-hydrogen) atoms. The summed E-state index contributed by atoms with van der Waals surface area (Å²) in [6.45, 7) is 6.94. The number of hydrogen-bond acceptors (Lipinski definition) is 4. The van der Waals surface area contributed by atoms with Gasteiger partial charge in [-0.25, -0.2) is 4.31 Å². The van der Waals surface area contributed by atoms with Crippen LogP contribution in [0.5, 0.6) is 0 Å². The minimum absolute atomic E-state index is 0.0683. The molecule has 0 bridgehead atoms. The fourth-order valence-corrected chi connectivity index (χ4v) is 4.89. The van der Waals surface area contributed by atoms with Crippen LogP contribution < -0.4 is 5.32 Å². The van der Waals surface area contributed by atoms with Crippen LogP contribution in [0.15, 0.2) is 53.4 Å². The molecule has 0 spiro atoms. The Morgan fingerprint density at radius 1 is 1.25 bits per heavy atom. The standard InChI is InChI=1S/C22H27ClN2O2S/c1-14(2)13-25-19(12-17-11-18(23)9-10-20(17)28-25)22(27)24-15(3)21(26)16-7-5-4-6-8-16/h4-11,14-15,19,21,26H,12-13H2,1-3H3,(H,24,27)/t15-,19?,21?/m0/s1. The zero-order valence-corrected chi connectivity index (χ0v) is 18.0. The molecule has 2 aromatic rings. The smallest absolute Gasteiger partial charge is 0.238 e. The molecular weight excluding hydrogens is 392 g/mol. The van der Waals surface area contributed by atoms with Crippen molar-refractivity contribution in [2.45, 2.75) is 50.3 Å². The number of nitrogens with one attached hydrogen (secondary N) is 1. The molecule has 0 saturated heterocycles. The molecule has 6 heteroatoms. The molecule has 4 nitrogen and oxygen atoms in total. The molecule has 3 rings (SSSR count). The number of carbonyl (C=O) groups is 1. The monoisotopic (exact) mass is 418 g/mol. The van der Waals surface area contributed by atoms with E-state index in [2.05, 4.69) is 23.5 Å². The van der Waals surface area contributed by atoms with Crippen molar-refractivity contribution in [1.82, 2.24) is 9.62 Å². The quantitative estimate of drug-likeness (QED) is 0.679. The van der Waals surface area contributed by atoms with Gasteiger partial charge in [0.15, 0.2) is 0 Å². The van der Waals surface area contributed by atoms with E-state index >= 15 is 0 Å². The summed E-state index contributed by atoms with van der Waals surface area (Å²) >= 11 is 7.78. The maximum Gasteiger partial charge on any atom is 0.238 e. The van der Waals surface area contributed by atoms with E-state index in [4.69, 9.17) is 11.6 Å². The molecule has 2 aromatic carbocycles. The van der Waals surface area contributed by atoms with Crippen LogP contribution in [0.1, 0.15) is 38.0 Å². The summed E-state index contributed by atoms with van der Waals surface area (Å²) in [5, 5.41) is 14.3. The number of halogens is 1. The summed E-state index contributed by atoms with van der Waals surface area (Å²) in [7, 11) is 0. The second-order valence-electron chi connectivity index (χ2n) is 7.71. The Kier molecular flexibility index (Phi) is 7.05. The summed E-state index contributed by atoms with van der Waals surface area (Å²) in [5.41, 5.74) is 1.89. The lowest BCUT2D eigenvalue weighted by Crippen LogP contribution is -2.51. The van der Waals surface area contributed by atoms with Gasteiger partial charge in [-0.3, -0.25) is 4.79 Å². The predicted octanol–water partition coefficient (Wildman–Crippen LogP) is 4.47. The first-order chi connectivity index (χ1) is 13.3. The van der Waals surface area contributed by atoms with Gasteiger partial charge < -0.3 is 10.4 Å². The Balaban J connectivity index is 1.75. The summed E-state index contributed by atoms with van der Waals surface area (Å²) < 4.78 is 2.15. The van der Waals surface area contributed by atoms with E-state index in [1.54, 1.807) is 11.9 Å². The van der Waals surface area contributed by atoms with Gasteiger partial charge in [0, 0.05) is 16.5 Å². The maximum atomic E-state index is 13.1. The third kappa shape index (κ3) is 5.09. The number of rotatable bonds is 6. The number of benzene rings is 2. The van der Waals surface area contributed by atoms with Gasteiger partial charge >= 0.3 is 0 Å². The lowest BCUT2D eigenvalue weighted by atomic mass is 10.0. The van der Waals surface area contributed by atoms with E-state index < -0.39 is 6.10 Å². The van der Waals surface area contributed by atoms with Crippen LogP contribution in [0.25, 0.3) is 0 Å². The number of aliphatic hydroxyl groups excluding tert-OH is 1. The molecule has 150 valence electrons. The number of nitrogens with zero attached hydrogens (tertiary/aromatic N) is 1. The van der Waals surface area contributed by atoms with Crippen LogP contribution in [0.4, 0.5) is 0 Å². The minimum Gasteiger partial charge on any atom is -0.386 e. The Hall–Kier alpha value is -1.53. The number of hydrogen-bond donors (Lipinski definition) is 2. The Bertz CT molecular complexity index is 815. The predicted molar refractivity (Wildman–Crippen MR) is 115 cm³/mol. The highest BCUT2D eigenvalue weighted by Crippen LogP contribution is 2.37. The number of carbonyl (C=O) groups excluding carboxylic acids is 1. The van der Waals surface area contributed by atoms with Crippen molar-refractivity contribution in [2.24, 2.45) is 5.92 Å². The fraction of sp³-hybridized carbons (Fsp3) is 0.409. The first-order valence-corrected chi connectivity index (χ1v) is 10.8. The van der Waals surface area contributed by atoms with Crippen molar-refractivity contribution in [3.8, 4) is 0 Å². The highest BCUT2D eigenvalue weighted by atomic mass is 35.5. The average Bonchev–Trinajstić information content (AvgIpc) is 2.67. The molecular formula is C22H27ClN2O2S. The lowest BCUT2D eigenvalue weighted by Gasteiger charge is -2.36. The number of aliphatic hydroxyl groups is 1. The van der Waals surface area contributed by atoms with E-state index in [0.29, 0.717) is 17.4 Å². The van der Waals surface area contributed by atoms with Crippen LogP contribution >= 0.6 is 23.5 Å². The molecule has 0 aliphatic carbocycles.